The summed E-state index contributed by atoms with van der Waals surface area (Å²) in [5.41, 5.74) is 1.07. The lowest BCUT2D eigenvalue weighted by Crippen LogP contribution is -2.19. The third-order valence-corrected chi connectivity index (χ3v) is 2.95. The Bertz CT molecular complexity index is 342. The molecule has 1 N–H and O–H groups in total. The molecular weight excluding hydrogens is 214 g/mol. The molecule has 1 saturated heterocycles. The summed E-state index contributed by atoms with van der Waals surface area (Å²) in [6.45, 7) is 6.32. The van der Waals surface area contributed by atoms with Crippen molar-refractivity contribution < 1.29 is 4.74 Å². The second-order valence-corrected chi connectivity index (χ2v) is 4.36. The third-order valence-electron chi connectivity index (χ3n) is 2.95. The van der Waals surface area contributed by atoms with Crippen molar-refractivity contribution in [2.75, 3.05) is 13.2 Å². The zero-order valence-corrected chi connectivity index (χ0v) is 10.3. The summed E-state index contributed by atoms with van der Waals surface area (Å²) in [4.78, 5) is 0. The van der Waals surface area contributed by atoms with E-state index in [1.807, 2.05) is 17.0 Å². The van der Waals surface area contributed by atoms with Crippen LogP contribution in [0.15, 0.2) is 24.9 Å². The Morgan fingerprint density at radius 3 is 3.29 bits per heavy atom. The quantitative estimate of drug-likeness (QED) is 0.607. The predicted molar refractivity (Wildman–Crippen MR) is 67.6 cm³/mol. The molecule has 1 fully saturated rings. The van der Waals surface area contributed by atoms with E-state index in [-0.39, 0.29) is 6.23 Å². The van der Waals surface area contributed by atoms with Crippen molar-refractivity contribution in [1.29, 1.82) is 0 Å². The van der Waals surface area contributed by atoms with Crippen LogP contribution in [0.2, 0.25) is 0 Å². The van der Waals surface area contributed by atoms with Gasteiger partial charge in [0.25, 0.3) is 0 Å². The van der Waals surface area contributed by atoms with E-state index in [0.717, 1.165) is 38.2 Å². The monoisotopic (exact) mass is 235 g/mol. The Labute approximate surface area is 103 Å². The highest BCUT2D eigenvalue weighted by Crippen LogP contribution is 2.21. The molecule has 17 heavy (non-hydrogen) atoms. The molecule has 0 radical (unpaired) electrons. The van der Waals surface area contributed by atoms with Gasteiger partial charge >= 0.3 is 0 Å². The van der Waals surface area contributed by atoms with Gasteiger partial charge in [0.05, 0.1) is 5.69 Å². The topological polar surface area (TPSA) is 39.1 Å². The van der Waals surface area contributed by atoms with Crippen LogP contribution in [-0.4, -0.2) is 22.9 Å². The van der Waals surface area contributed by atoms with Crippen molar-refractivity contribution in [3.63, 3.8) is 0 Å². The van der Waals surface area contributed by atoms with Crippen LogP contribution >= 0.6 is 0 Å². The number of ether oxygens (including phenoxy) is 1. The molecule has 1 aromatic heterocycles. The van der Waals surface area contributed by atoms with Gasteiger partial charge in [-0.05, 0) is 38.3 Å². The maximum absolute atomic E-state index is 5.69. The van der Waals surface area contributed by atoms with Crippen molar-refractivity contribution in [1.82, 2.24) is 15.1 Å². The van der Waals surface area contributed by atoms with Crippen LogP contribution in [0.1, 0.15) is 37.6 Å². The third kappa shape index (κ3) is 3.68. The molecule has 0 bridgehead atoms. The summed E-state index contributed by atoms with van der Waals surface area (Å²) >= 11 is 0. The smallest absolute Gasteiger partial charge is 0.150 e. The van der Waals surface area contributed by atoms with Gasteiger partial charge < -0.3 is 10.1 Å². The number of nitrogens with one attached hydrogen (secondary N) is 1. The molecule has 0 aliphatic carbocycles. The summed E-state index contributed by atoms with van der Waals surface area (Å²) in [6, 6.07) is 2.05. The Balaban J connectivity index is 1.80. The molecular formula is C13H21N3O. The minimum atomic E-state index is 0.144. The lowest BCUT2D eigenvalue weighted by molar-refractivity contribution is -0.0396. The van der Waals surface area contributed by atoms with Gasteiger partial charge in [0.2, 0.25) is 0 Å². The first-order chi connectivity index (χ1) is 8.40. The molecule has 0 spiro atoms. The summed E-state index contributed by atoms with van der Waals surface area (Å²) in [7, 11) is 0. The van der Waals surface area contributed by atoms with Crippen molar-refractivity contribution in [3.05, 3.63) is 30.6 Å². The normalized spacial score (nSPS) is 20.4. The zero-order chi connectivity index (χ0) is 11.9. The second kappa shape index (κ2) is 6.57. The Kier molecular flexibility index (Phi) is 4.76. The van der Waals surface area contributed by atoms with E-state index in [9.17, 15) is 0 Å². The standard InChI is InChI=1S/C13H21N3O/c1-2-3-8-14-11-12-7-9-16(15-12)13-6-4-5-10-17-13/h2,7,9,13-14H,1,3-6,8,10-11H2. The van der Waals surface area contributed by atoms with Gasteiger partial charge in [0.1, 0.15) is 6.23 Å². The van der Waals surface area contributed by atoms with Gasteiger partial charge in [-0.25, -0.2) is 4.68 Å². The SMILES string of the molecule is C=CCCNCc1ccn(C2CCCCO2)n1. The summed E-state index contributed by atoms with van der Waals surface area (Å²) in [6.07, 6.45) is 8.55. The molecule has 2 rings (SSSR count). The molecule has 1 aliphatic heterocycles. The fourth-order valence-electron chi connectivity index (χ4n) is 1.99. The van der Waals surface area contributed by atoms with Gasteiger partial charge in [-0.2, -0.15) is 5.10 Å². The van der Waals surface area contributed by atoms with Crippen molar-refractivity contribution in [2.24, 2.45) is 0 Å². The van der Waals surface area contributed by atoms with Gasteiger partial charge in [0.15, 0.2) is 0 Å². The average Bonchev–Trinajstić information content (AvgIpc) is 2.85. The zero-order valence-electron chi connectivity index (χ0n) is 10.3. The van der Waals surface area contributed by atoms with Gasteiger partial charge in [-0.15, -0.1) is 6.58 Å². The van der Waals surface area contributed by atoms with Crippen LogP contribution in [0.5, 0.6) is 0 Å². The highest BCUT2D eigenvalue weighted by atomic mass is 16.5. The number of hydrogen-bond acceptors (Lipinski definition) is 3. The minimum absolute atomic E-state index is 0.144. The average molecular weight is 235 g/mol. The molecule has 2 heterocycles. The molecule has 0 saturated carbocycles. The van der Waals surface area contributed by atoms with E-state index in [4.69, 9.17) is 4.74 Å². The molecule has 1 atom stereocenters. The van der Waals surface area contributed by atoms with E-state index < -0.39 is 0 Å². The van der Waals surface area contributed by atoms with Crippen LogP contribution in [0.3, 0.4) is 0 Å². The number of hydrogen-bond donors (Lipinski definition) is 1. The molecule has 0 aromatic carbocycles. The Morgan fingerprint density at radius 2 is 2.53 bits per heavy atom. The van der Waals surface area contributed by atoms with Crippen LogP contribution in [0.4, 0.5) is 0 Å². The van der Waals surface area contributed by atoms with E-state index in [0.29, 0.717) is 0 Å². The van der Waals surface area contributed by atoms with Gasteiger partial charge in [-0.3, -0.25) is 0 Å². The molecule has 94 valence electrons. The summed E-state index contributed by atoms with van der Waals surface area (Å²) < 4.78 is 7.64. The number of nitrogens with zero attached hydrogens (tertiary/aromatic N) is 2. The first kappa shape index (κ1) is 12.3. The molecule has 4 heteroatoms. The Morgan fingerprint density at radius 1 is 1.59 bits per heavy atom. The molecule has 1 unspecified atom stereocenters. The summed E-state index contributed by atoms with van der Waals surface area (Å²) in [5, 5.41) is 7.87. The van der Waals surface area contributed by atoms with E-state index in [1.165, 1.54) is 12.8 Å². The first-order valence-electron chi connectivity index (χ1n) is 6.37. The van der Waals surface area contributed by atoms with Crippen LogP contribution in [0, 0.1) is 0 Å². The minimum Gasteiger partial charge on any atom is -0.357 e. The van der Waals surface area contributed by atoms with E-state index >= 15 is 0 Å². The maximum Gasteiger partial charge on any atom is 0.150 e. The maximum atomic E-state index is 5.69. The van der Waals surface area contributed by atoms with E-state index in [1.54, 1.807) is 0 Å². The van der Waals surface area contributed by atoms with Crippen LogP contribution in [-0.2, 0) is 11.3 Å². The summed E-state index contributed by atoms with van der Waals surface area (Å²) in [5.74, 6) is 0. The number of rotatable bonds is 6. The molecule has 4 nitrogen and oxygen atoms in total. The van der Waals surface area contributed by atoms with Crippen molar-refractivity contribution >= 4 is 0 Å². The number of aromatic nitrogens is 2. The second-order valence-electron chi connectivity index (χ2n) is 4.36. The highest BCUT2D eigenvalue weighted by Gasteiger charge is 2.16. The largest absolute Gasteiger partial charge is 0.357 e. The molecule has 1 aliphatic rings. The fourth-order valence-corrected chi connectivity index (χ4v) is 1.99. The fraction of sp³-hybridized carbons (Fsp3) is 0.615. The first-order valence-corrected chi connectivity index (χ1v) is 6.37. The van der Waals surface area contributed by atoms with E-state index in [2.05, 4.69) is 23.1 Å². The molecule has 0 amide bonds. The van der Waals surface area contributed by atoms with Crippen molar-refractivity contribution in [3.8, 4) is 0 Å². The van der Waals surface area contributed by atoms with Gasteiger partial charge in [0, 0.05) is 19.3 Å². The van der Waals surface area contributed by atoms with Crippen molar-refractivity contribution in [2.45, 2.75) is 38.5 Å². The van der Waals surface area contributed by atoms with Crippen LogP contribution in [0.25, 0.3) is 0 Å². The Hall–Kier alpha value is -1.13. The predicted octanol–water partition coefficient (Wildman–Crippen LogP) is 2.25. The van der Waals surface area contributed by atoms with Gasteiger partial charge in [-0.1, -0.05) is 6.08 Å². The van der Waals surface area contributed by atoms with Crippen LogP contribution < -0.4 is 5.32 Å². The highest BCUT2D eigenvalue weighted by molar-refractivity contribution is 4.99. The molecule has 1 aromatic rings. The lowest BCUT2D eigenvalue weighted by atomic mass is 10.2. The lowest BCUT2D eigenvalue weighted by Gasteiger charge is -2.22.